The molecule has 0 saturated carbocycles. The van der Waals surface area contributed by atoms with Crippen LogP contribution < -0.4 is 14.4 Å². The minimum absolute atomic E-state index is 0.138. The summed E-state index contributed by atoms with van der Waals surface area (Å²) in [5, 5.41) is 10.9. The van der Waals surface area contributed by atoms with Crippen molar-refractivity contribution < 1.29 is 17.9 Å². The van der Waals surface area contributed by atoms with Crippen LogP contribution in [0.25, 0.3) is 0 Å². The highest BCUT2D eigenvalue weighted by Crippen LogP contribution is 2.37. The lowest BCUT2D eigenvalue weighted by Crippen LogP contribution is -2.48. The number of rotatable bonds is 7. The van der Waals surface area contributed by atoms with Gasteiger partial charge in [-0.1, -0.05) is 59.5 Å². The van der Waals surface area contributed by atoms with Crippen molar-refractivity contribution in [1.82, 2.24) is 10.2 Å². The van der Waals surface area contributed by atoms with Gasteiger partial charge < -0.3 is 4.74 Å². The van der Waals surface area contributed by atoms with E-state index in [-0.39, 0.29) is 11.4 Å². The van der Waals surface area contributed by atoms with Gasteiger partial charge in [0, 0.05) is 5.75 Å². The summed E-state index contributed by atoms with van der Waals surface area (Å²) >= 11 is 2.68. The number of nitrogens with zero attached hydrogens (tertiary/aromatic N) is 3. The molecule has 31 heavy (non-hydrogen) atoms. The summed E-state index contributed by atoms with van der Waals surface area (Å²) in [6, 6.07) is 14.8. The normalized spacial score (nSPS) is 15.6. The van der Waals surface area contributed by atoms with E-state index >= 15 is 0 Å². The zero-order valence-corrected chi connectivity index (χ0v) is 18.6. The minimum atomic E-state index is -3.89. The quantitative estimate of drug-likeness (QED) is 0.318. The number of carbonyl (C=O) groups is 1. The van der Waals surface area contributed by atoms with Gasteiger partial charge in [0.15, 0.2) is 10.4 Å². The zero-order chi connectivity index (χ0) is 21.8. The van der Waals surface area contributed by atoms with Crippen LogP contribution in [0.5, 0.6) is 5.75 Å². The van der Waals surface area contributed by atoms with Gasteiger partial charge in [0.05, 0.1) is 17.1 Å². The molecular formula is C20H18N4O4S3. The molecule has 8 nitrogen and oxygen atoms in total. The van der Waals surface area contributed by atoms with Crippen LogP contribution in [0.15, 0.2) is 76.5 Å². The Morgan fingerprint density at radius 2 is 1.97 bits per heavy atom. The van der Waals surface area contributed by atoms with Gasteiger partial charge in [-0.25, -0.2) is 8.42 Å². The van der Waals surface area contributed by atoms with Crippen molar-refractivity contribution in [3.63, 3.8) is 0 Å². The van der Waals surface area contributed by atoms with Gasteiger partial charge in [-0.3, -0.25) is 14.4 Å². The van der Waals surface area contributed by atoms with E-state index in [0.29, 0.717) is 26.7 Å². The molecule has 0 radical (unpaired) electrons. The van der Waals surface area contributed by atoms with Gasteiger partial charge in [-0.05, 0) is 24.3 Å². The molecule has 1 N–H and O–H groups in total. The Morgan fingerprint density at radius 1 is 1.23 bits per heavy atom. The molecule has 2 aromatic carbocycles. The number of aromatic nitrogens is 2. The van der Waals surface area contributed by atoms with E-state index in [0.717, 1.165) is 0 Å². The van der Waals surface area contributed by atoms with Crippen molar-refractivity contribution in [2.75, 3.05) is 21.9 Å². The maximum atomic E-state index is 13.3. The SMILES string of the molecule is C=CCSc1nnc(NC(=O)[C@@H]2CN(S(=O)(=O)c3ccccc3)c3ccccc3O2)s1. The number of sulfonamides is 1. The van der Waals surface area contributed by atoms with E-state index in [4.69, 9.17) is 4.74 Å². The predicted molar refractivity (Wildman–Crippen MR) is 121 cm³/mol. The van der Waals surface area contributed by atoms with Crippen LogP contribution in [0.2, 0.25) is 0 Å². The molecule has 11 heteroatoms. The first-order valence-corrected chi connectivity index (χ1v) is 12.4. The highest BCUT2D eigenvalue weighted by molar-refractivity contribution is 8.01. The summed E-state index contributed by atoms with van der Waals surface area (Å²) in [7, 11) is -3.89. The Morgan fingerprint density at radius 3 is 2.74 bits per heavy atom. The zero-order valence-electron chi connectivity index (χ0n) is 16.2. The monoisotopic (exact) mass is 474 g/mol. The van der Waals surface area contributed by atoms with E-state index in [9.17, 15) is 13.2 Å². The average molecular weight is 475 g/mol. The van der Waals surface area contributed by atoms with Crippen molar-refractivity contribution in [2.24, 2.45) is 0 Å². The van der Waals surface area contributed by atoms with Gasteiger partial charge in [-0.2, -0.15) is 0 Å². The molecule has 4 rings (SSSR count). The third kappa shape index (κ3) is 4.58. The van der Waals surface area contributed by atoms with Gasteiger partial charge in [0.1, 0.15) is 5.75 Å². The lowest BCUT2D eigenvalue weighted by atomic mass is 10.2. The third-order valence-electron chi connectivity index (χ3n) is 4.32. The smallest absolute Gasteiger partial charge is 0.269 e. The first-order valence-electron chi connectivity index (χ1n) is 9.20. The molecule has 0 spiro atoms. The van der Waals surface area contributed by atoms with Crippen molar-refractivity contribution >= 4 is 49.8 Å². The van der Waals surface area contributed by atoms with Crippen LogP contribution in [0.3, 0.4) is 0 Å². The average Bonchev–Trinajstić information content (AvgIpc) is 3.24. The molecule has 0 aliphatic carbocycles. The van der Waals surface area contributed by atoms with E-state index in [2.05, 4.69) is 22.1 Å². The molecule has 1 atom stereocenters. The minimum Gasteiger partial charge on any atom is -0.476 e. The van der Waals surface area contributed by atoms with Crippen LogP contribution in [0, 0.1) is 0 Å². The molecule has 0 unspecified atom stereocenters. The fourth-order valence-electron chi connectivity index (χ4n) is 2.92. The molecule has 1 aliphatic heterocycles. The number of benzene rings is 2. The first kappa shape index (κ1) is 21.3. The Kier molecular flexibility index (Phi) is 6.25. The summed E-state index contributed by atoms with van der Waals surface area (Å²) in [5.41, 5.74) is 0.384. The molecule has 2 heterocycles. The summed E-state index contributed by atoms with van der Waals surface area (Å²) < 4.78 is 34.3. The van der Waals surface area contributed by atoms with Gasteiger partial charge in [0.2, 0.25) is 5.13 Å². The Balaban J connectivity index is 1.58. The molecule has 0 saturated heterocycles. The van der Waals surface area contributed by atoms with E-state index < -0.39 is 22.0 Å². The van der Waals surface area contributed by atoms with E-state index in [1.54, 1.807) is 48.5 Å². The van der Waals surface area contributed by atoms with Crippen LogP contribution >= 0.6 is 23.1 Å². The van der Waals surface area contributed by atoms with Gasteiger partial charge >= 0.3 is 0 Å². The number of nitrogens with one attached hydrogen (secondary N) is 1. The highest BCUT2D eigenvalue weighted by atomic mass is 32.2. The molecule has 160 valence electrons. The Bertz CT molecular complexity index is 1200. The predicted octanol–water partition coefficient (Wildman–Crippen LogP) is 3.41. The number of thioether (sulfide) groups is 1. The number of anilines is 2. The second-order valence-electron chi connectivity index (χ2n) is 6.39. The van der Waals surface area contributed by atoms with Crippen LogP contribution in [-0.2, 0) is 14.8 Å². The fraction of sp³-hybridized carbons (Fsp3) is 0.150. The van der Waals surface area contributed by atoms with Gasteiger partial charge in [0.25, 0.3) is 15.9 Å². The molecule has 3 aromatic rings. The molecule has 1 aliphatic rings. The van der Waals surface area contributed by atoms with Crippen molar-refractivity contribution in [1.29, 1.82) is 0 Å². The first-order chi connectivity index (χ1) is 15.0. The second kappa shape index (κ2) is 9.08. The van der Waals surface area contributed by atoms with Crippen LogP contribution in [0.4, 0.5) is 10.8 Å². The van der Waals surface area contributed by atoms with E-state index in [1.807, 2.05) is 0 Å². The van der Waals surface area contributed by atoms with Crippen LogP contribution in [-0.4, -0.2) is 42.9 Å². The lowest BCUT2D eigenvalue weighted by molar-refractivity contribution is -0.122. The Hall–Kier alpha value is -2.89. The number of carbonyl (C=O) groups excluding carboxylic acids is 1. The number of para-hydroxylation sites is 2. The van der Waals surface area contributed by atoms with Crippen molar-refractivity contribution in [3.8, 4) is 5.75 Å². The molecule has 1 aromatic heterocycles. The number of amides is 1. The van der Waals surface area contributed by atoms with E-state index in [1.165, 1.54) is 39.5 Å². The summed E-state index contributed by atoms with van der Waals surface area (Å²) in [6.45, 7) is 3.49. The standard InChI is InChI=1S/C20H18N4O4S3/c1-2-12-29-20-23-22-19(30-20)21-18(25)17-13-24(15-10-6-7-11-16(15)28-17)31(26,27)14-8-4-3-5-9-14/h2-11,17H,1,12-13H2,(H,21,22,25)/t17-/m0/s1. The topological polar surface area (TPSA) is 101 Å². The maximum absolute atomic E-state index is 13.3. The fourth-order valence-corrected chi connectivity index (χ4v) is 5.93. The van der Waals surface area contributed by atoms with Crippen molar-refractivity contribution in [3.05, 3.63) is 67.3 Å². The van der Waals surface area contributed by atoms with Gasteiger partial charge in [-0.15, -0.1) is 16.8 Å². The summed E-state index contributed by atoms with van der Waals surface area (Å²) in [4.78, 5) is 13.0. The Labute approximate surface area is 188 Å². The lowest BCUT2D eigenvalue weighted by Gasteiger charge is -2.34. The second-order valence-corrected chi connectivity index (χ2v) is 10.5. The third-order valence-corrected chi connectivity index (χ3v) is 8.08. The summed E-state index contributed by atoms with van der Waals surface area (Å²) in [6.07, 6.45) is 0.695. The number of hydrogen-bond donors (Lipinski definition) is 1. The molecular weight excluding hydrogens is 456 g/mol. The highest BCUT2D eigenvalue weighted by Gasteiger charge is 2.37. The number of ether oxygens (including phenoxy) is 1. The number of hydrogen-bond acceptors (Lipinski definition) is 8. The molecule has 1 amide bonds. The van der Waals surface area contributed by atoms with Crippen LogP contribution in [0.1, 0.15) is 0 Å². The van der Waals surface area contributed by atoms with Crippen molar-refractivity contribution in [2.45, 2.75) is 15.3 Å². The number of fused-ring (bicyclic) bond motifs is 1. The summed E-state index contributed by atoms with van der Waals surface area (Å²) in [5.74, 6) is 0.490. The largest absolute Gasteiger partial charge is 0.476 e. The molecule has 0 bridgehead atoms. The maximum Gasteiger partial charge on any atom is 0.269 e. The molecule has 0 fully saturated rings.